The predicted molar refractivity (Wildman–Crippen MR) is 72.7 cm³/mol. The molecule has 1 saturated heterocycles. The summed E-state index contributed by atoms with van der Waals surface area (Å²) in [6.07, 6.45) is 4.85. The van der Waals surface area contributed by atoms with Gasteiger partial charge in [-0.15, -0.1) is 0 Å². The third kappa shape index (κ3) is 2.52. The summed E-state index contributed by atoms with van der Waals surface area (Å²) >= 11 is 0. The number of benzene rings is 1. The number of nitrogens with zero attached hydrogens (tertiary/aromatic N) is 1. The lowest BCUT2D eigenvalue weighted by atomic mass is 10.1. The maximum absolute atomic E-state index is 6.17. The monoisotopic (exact) mass is 246 g/mol. The Hall–Kier alpha value is -1.06. The van der Waals surface area contributed by atoms with Crippen molar-refractivity contribution in [2.75, 3.05) is 20.1 Å². The summed E-state index contributed by atoms with van der Waals surface area (Å²) in [4.78, 5) is 2.36. The molecule has 1 aromatic rings. The predicted octanol–water partition coefficient (Wildman–Crippen LogP) is 2.11. The van der Waals surface area contributed by atoms with E-state index in [0.717, 1.165) is 44.5 Å². The molecule has 2 fully saturated rings. The van der Waals surface area contributed by atoms with Gasteiger partial charge in [-0.1, -0.05) is 12.1 Å². The average molecular weight is 246 g/mol. The molecule has 3 rings (SSSR count). The van der Waals surface area contributed by atoms with E-state index < -0.39 is 0 Å². The molecule has 98 valence electrons. The zero-order valence-corrected chi connectivity index (χ0v) is 11.1. The van der Waals surface area contributed by atoms with Gasteiger partial charge in [-0.05, 0) is 50.4 Å². The Kier molecular flexibility index (Phi) is 3.04. The van der Waals surface area contributed by atoms with Crippen molar-refractivity contribution in [3.63, 3.8) is 0 Å². The molecule has 2 aliphatic rings. The van der Waals surface area contributed by atoms with Crippen molar-refractivity contribution >= 4 is 0 Å². The van der Waals surface area contributed by atoms with Gasteiger partial charge in [0.25, 0.3) is 0 Å². The Bertz CT molecular complexity index is 403. The minimum atomic E-state index is -0.0356. The molecule has 1 aliphatic heterocycles. The van der Waals surface area contributed by atoms with Crippen LogP contribution in [-0.2, 0) is 5.54 Å². The van der Waals surface area contributed by atoms with Gasteiger partial charge < -0.3 is 15.4 Å². The third-order valence-electron chi connectivity index (χ3n) is 4.19. The number of nitrogens with two attached hydrogens (primary N) is 1. The first kappa shape index (κ1) is 12.0. The van der Waals surface area contributed by atoms with E-state index in [2.05, 4.69) is 36.2 Å². The van der Waals surface area contributed by atoms with Crippen molar-refractivity contribution in [3.8, 4) is 5.75 Å². The molecule has 18 heavy (non-hydrogen) atoms. The quantitative estimate of drug-likeness (QED) is 0.887. The molecule has 2 N–H and O–H groups in total. The minimum Gasteiger partial charge on any atom is -0.490 e. The van der Waals surface area contributed by atoms with Crippen LogP contribution in [0.4, 0.5) is 0 Å². The van der Waals surface area contributed by atoms with Gasteiger partial charge in [0.05, 0.1) is 0 Å². The van der Waals surface area contributed by atoms with E-state index in [1.165, 1.54) is 5.56 Å². The van der Waals surface area contributed by atoms with Crippen LogP contribution in [0.15, 0.2) is 24.3 Å². The number of ether oxygens (including phenoxy) is 1. The molecule has 0 spiro atoms. The number of hydrogen-bond donors (Lipinski definition) is 1. The van der Waals surface area contributed by atoms with Crippen LogP contribution >= 0.6 is 0 Å². The summed E-state index contributed by atoms with van der Waals surface area (Å²) in [7, 11) is 2.17. The fourth-order valence-electron chi connectivity index (χ4n) is 2.58. The third-order valence-corrected chi connectivity index (χ3v) is 4.19. The van der Waals surface area contributed by atoms with Crippen molar-refractivity contribution in [2.45, 2.75) is 37.3 Å². The summed E-state index contributed by atoms with van der Waals surface area (Å²) in [6, 6.07) is 8.38. The highest BCUT2D eigenvalue weighted by molar-refractivity contribution is 5.34. The standard InChI is InChI=1S/C15H22N2O/c1-17-10-6-14(7-11-17)18-13-4-2-12(3-5-13)15(16)8-9-15/h2-5,14H,6-11,16H2,1H3. The average Bonchev–Trinajstić information content (AvgIpc) is 3.12. The fourth-order valence-corrected chi connectivity index (χ4v) is 2.58. The van der Waals surface area contributed by atoms with Gasteiger partial charge in [-0.2, -0.15) is 0 Å². The minimum absolute atomic E-state index is 0.0356. The molecule has 1 heterocycles. The summed E-state index contributed by atoms with van der Waals surface area (Å²) in [5.41, 5.74) is 7.38. The van der Waals surface area contributed by atoms with Gasteiger partial charge in [0, 0.05) is 18.6 Å². The molecule has 0 unspecified atom stereocenters. The van der Waals surface area contributed by atoms with Crippen molar-refractivity contribution in [3.05, 3.63) is 29.8 Å². The topological polar surface area (TPSA) is 38.5 Å². The zero-order chi connectivity index (χ0) is 12.6. The zero-order valence-electron chi connectivity index (χ0n) is 11.1. The van der Waals surface area contributed by atoms with Crippen LogP contribution in [0.1, 0.15) is 31.2 Å². The van der Waals surface area contributed by atoms with E-state index in [9.17, 15) is 0 Å². The van der Waals surface area contributed by atoms with Crippen LogP contribution in [0.25, 0.3) is 0 Å². The van der Waals surface area contributed by atoms with Crippen molar-refractivity contribution in [1.29, 1.82) is 0 Å². The summed E-state index contributed by atoms with van der Waals surface area (Å²) in [6.45, 7) is 2.27. The van der Waals surface area contributed by atoms with E-state index in [0.29, 0.717) is 6.10 Å². The van der Waals surface area contributed by atoms with Gasteiger partial charge in [-0.25, -0.2) is 0 Å². The highest BCUT2D eigenvalue weighted by atomic mass is 16.5. The molecule has 3 heteroatoms. The van der Waals surface area contributed by atoms with Crippen molar-refractivity contribution < 1.29 is 4.74 Å². The first-order valence-corrected chi connectivity index (χ1v) is 6.90. The van der Waals surface area contributed by atoms with Gasteiger partial charge in [0.2, 0.25) is 0 Å². The van der Waals surface area contributed by atoms with Gasteiger partial charge in [-0.3, -0.25) is 0 Å². The second-order valence-electron chi connectivity index (χ2n) is 5.80. The molecular weight excluding hydrogens is 224 g/mol. The highest BCUT2D eigenvalue weighted by Gasteiger charge is 2.39. The first-order valence-electron chi connectivity index (χ1n) is 6.90. The normalized spacial score (nSPS) is 23.9. The number of piperidine rings is 1. The molecule has 1 aromatic carbocycles. The maximum atomic E-state index is 6.17. The van der Waals surface area contributed by atoms with Crippen LogP contribution in [0.3, 0.4) is 0 Å². The lowest BCUT2D eigenvalue weighted by Gasteiger charge is -2.29. The Morgan fingerprint density at radius 3 is 2.33 bits per heavy atom. The lowest BCUT2D eigenvalue weighted by molar-refractivity contribution is 0.114. The number of hydrogen-bond acceptors (Lipinski definition) is 3. The molecule has 0 amide bonds. The Morgan fingerprint density at radius 2 is 1.78 bits per heavy atom. The Morgan fingerprint density at radius 1 is 1.17 bits per heavy atom. The maximum Gasteiger partial charge on any atom is 0.119 e. The molecule has 0 bridgehead atoms. The van der Waals surface area contributed by atoms with Crippen LogP contribution in [0.2, 0.25) is 0 Å². The van der Waals surface area contributed by atoms with E-state index >= 15 is 0 Å². The number of rotatable bonds is 3. The molecule has 3 nitrogen and oxygen atoms in total. The van der Waals surface area contributed by atoms with E-state index in [1.54, 1.807) is 0 Å². The summed E-state index contributed by atoms with van der Waals surface area (Å²) in [5, 5.41) is 0. The van der Waals surface area contributed by atoms with Crippen LogP contribution in [0, 0.1) is 0 Å². The largest absolute Gasteiger partial charge is 0.490 e. The van der Waals surface area contributed by atoms with Crippen LogP contribution < -0.4 is 10.5 Å². The van der Waals surface area contributed by atoms with Crippen LogP contribution in [-0.4, -0.2) is 31.1 Å². The Balaban J connectivity index is 1.60. The molecule has 1 aliphatic carbocycles. The SMILES string of the molecule is CN1CCC(Oc2ccc(C3(N)CC3)cc2)CC1. The first-order chi connectivity index (χ1) is 8.66. The molecular formula is C15H22N2O. The Labute approximate surface area is 109 Å². The summed E-state index contributed by atoms with van der Waals surface area (Å²) < 4.78 is 6.02. The molecule has 0 radical (unpaired) electrons. The van der Waals surface area contributed by atoms with E-state index in [-0.39, 0.29) is 5.54 Å². The lowest BCUT2D eigenvalue weighted by Crippen LogP contribution is -2.35. The van der Waals surface area contributed by atoms with E-state index in [4.69, 9.17) is 10.5 Å². The molecule has 0 aromatic heterocycles. The number of likely N-dealkylation sites (tertiary alicyclic amines) is 1. The molecule has 1 saturated carbocycles. The van der Waals surface area contributed by atoms with Gasteiger partial charge >= 0.3 is 0 Å². The highest BCUT2D eigenvalue weighted by Crippen LogP contribution is 2.42. The smallest absolute Gasteiger partial charge is 0.119 e. The van der Waals surface area contributed by atoms with Gasteiger partial charge in [0.1, 0.15) is 11.9 Å². The van der Waals surface area contributed by atoms with Crippen molar-refractivity contribution in [1.82, 2.24) is 4.90 Å². The summed E-state index contributed by atoms with van der Waals surface area (Å²) in [5.74, 6) is 0.984. The van der Waals surface area contributed by atoms with Crippen molar-refractivity contribution in [2.24, 2.45) is 5.73 Å². The van der Waals surface area contributed by atoms with Crippen LogP contribution in [0.5, 0.6) is 5.75 Å². The molecule has 0 atom stereocenters. The fraction of sp³-hybridized carbons (Fsp3) is 0.600. The second kappa shape index (κ2) is 4.56. The van der Waals surface area contributed by atoms with Gasteiger partial charge in [0.15, 0.2) is 0 Å². The second-order valence-corrected chi connectivity index (χ2v) is 5.80. The van der Waals surface area contributed by atoms with E-state index in [1.807, 2.05) is 0 Å².